The Morgan fingerprint density at radius 1 is 1.11 bits per heavy atom. The average molecular weight is 533 g/mol. The van der Waals surface area contributed by atoms with Gasteiger partial charge < -0.3 is 10.0 Å². The zero-order valence-corrected chi connectivity index (χ0v) is 22.1. The summed E-state index contributed by atoms with van der Waals surface area (Å²) in [7, 11) is 1.68. The first-order chi connectivity index (χ1) is 18.3. The molecular formula is C29H29ClN4O4. The number of Topliss-reactive ketones (excluding diaryl/α,β-unsaturated/α-hetero) is 1. The van der Waals surface area contributed by atoms with E-state index in [4.69, 9.17) is 11.6 Å². The van der Waals surface area contributed by atoms with Crippen molar-refractivity contribution in [3.63, 3.8) is 0 Å². The lowest BCUT2D eigenvalue weighted by molar-refractivity contribution is 0.0464. The number of benzene rings is 2. The van der Waals surface area contributed by atoms with E-state index in [1.54, 1.807) is 43.1 Å². The monoisotopic (exact) mass is 532 g/mol. The number of amides is 1. The molecule has 4 aromatic rings. The lowest BCUT2D eigenvalue weighted by Crippen LogP contribution is -2.42. The van der Waals surface area contributed by atoms with Gasteiger partial charge in [0, 0.05) is 42.5 Å². The van der Waals surface area contributed by atoms with Crippen LogP contribution in [0, 0.1) is 0 Å². The number of pyridine rings is 1. The fourth-order valence-electron chi connectivity index (χ4n) is 5.19. The molecule has 2 aromatic heterocycles. The molecule has 2 aromatic carbocycles. The van der Waals surface area contributed by atoms with Crippen molar-refractivity contribution < 1.29 is 14.7 Å². The second-order valence-corrected chi connectivity index (χ2v) is 10.1. The number of hydrogen-bond donors (Lipinski definition) is 1. The normalized spacial score (nSPS) is 15.7. The maximum Gasteiger partial charge on any atom is 0.272 e. The molecule has 38 heavy (non-hydrogen) atoms. The van der Waals surface area contributed by atoms with E-state index in [1.807, 2.05) is 30.3 Å². The molecule has 196 valence electrons. The molecular weight excluding hydrogens is 504 g/mol. The van der Waals surface area contributed by atoms with Crippen molar-refractivity contribution in [2.24, 2.45) is 7.05 Å². The summed E-state index contributed by atoms with van der Waals surface area (Å²) < 4.78 is 2.95. The molecule has 0 saturated carbocycles. The molecule has 0 radical (unpaired) electrons. The molecule has 0 bridgehead atoms. The number of aliphatic hydroxyl groups is 1. The molecule has 0 aliphatic carbocycles. The molecule has 3 heterocycles. The van der Waals surface area contributed by atoms with E-state index in [9.17, 15) is 19.5 Å². The predicted molar refractivity (Wildman–Crippen MR) is 147 cm³/mol. The molecule has 1 amide bonds. The Balaban J connectivity index is 1.66. The van der Waals surface area contributed by atoms with Crippen molar-refractivity contribution in [3.05, 3.63) is 87.1 Å². The number of carbonyl (C=O) groups is 2. The minimum absolute atomic E-state index is 0.0159. The highest BCUT2D eigenvalue weighted by Crippen LogP contribution is 2.33. The van der Waals surface area contributed by atoms with Crippen LogP contribution >= 0.6 is 11.6 Å². The van der Waals surface area contributed by atoms with Crippen LogP contribution in [0.25, 0.3) is 21.9 Å². The molecule has 1 aliphatic rings. The zero-order valence-electron chi connectivity index (χ0n) is 21.4. The van der Waals surface area contributed by atoms with E-state index in [-0.39, 0.29) is 42.5 Å². The van der Waals surface area contributed by atoms with Crippen molar-refractivity contribution in [1.82, 2.24) is 19.2 Å². The highest BCUT2D eigenvalue weighted by atomic mass is 35.5. The minimum atomic E-state index is -0.538. The largest absolute Gasteiger partial charge is 0.391 e. The molecule has 1 unspecified atom stereocenters. The van der Waals surface area contributed by atoms with Crippen molar-refractivity contribution in [3.8, 4) is 11.1 Å². The number of fused-ring (bicyclic) bond motifs is 1. The number of carbonyl (C=O) groups excluding carboxylic acids is 2. The van der Waals surface area contributed by atoms with Gasteiger partial charge in [-0.25, -0.2) is 0 Å². The lowest BCUT2D eigenvalue weighted by atomic mass is 9.94. The molecule has 8 nitrogen and oxygen atoms in total. The Kier molecular flexibility index (Phi) is 7.19. The third-order valence-corrected chi connectivity index (χ3v) is 7.27. The van der Waals surface area contributed by atoms with E-state index >= 15 is 0 Å². The first kappa shape index (κ1) is 25.9. The fourth-order valence-corrected chi connectivity index (χ4v) is 5.36. The number of hydrogen-bond acceptors (Lipinski definition) is 5. The van der Waals surface area contributed by atoms with Gasteiger partial charge in [0.15, 0.2) is 5.78 Å². The zero-order chi connectivity index (χ0) is 27.0. The second kappa shape index (κ2) is 10.6. The Morgan fingerprint density at radius 3 is 2.58 bits per heavy atom. The van der Waals surface area contributed by atoms with E-state index in [0.717, 1.165) is 12.0 Å². The topological polar surface area (TPSA) is 97.4 Å². The summed E-state index contributed by atoms with van der Waals surface area (Å²) in [6.07, 6.45) is 1.08. The van der Waals surface area contributed by atoms with Gasteiger partial charge in [0.1, 0.15) is 5.69 Å². The summed E-state index contributed by atoms with van der Waals surface area (Å²) in [5, 5.41) is 16.1. The number of aryl methyl sites for hydroxylation is 1. The van der Waals surface area contributed by atoms with Crippen molar-refractivity contribution in [2.45, 2.75) is 38.8 Å². The summed E-state index contributed by atoms with van der Waals surface area (Å²) in [4.78, 5) is 42.0. The standard InChI is InChI=1S/C29H29ClN4O4/c1-3-25(36)27-26(18-8-5-4-6-9-18)23-14-19(30)11-12-22(23)28(37)34(27)16-20-15-24(32(2)31-20)29(38)33-13-7-10-21(35)17-33/h4-6,8-9,11-12,14-15,21,35H,3,7,10,13,16-17H2,1-2H3. The maximum atomic E-state index is 13.8. The van der Waals surface area contributed by atoms with Crippen LogP contribution in [-0.2, 0) is 13.6 Å². The number of piperidine rings is 1. The van der Waals surface area contributed by atoms with Gasteiger partial charge in [0.25, 0.3) is 11.5 Å². The molecule has 5 rings (SSSR count). The minimum Gasteiger partial charge on any atom is -0.391 e. The summed E-state index contributed by atoms with van der Waals surface area (Å²) in [6.45, 7) is 2.63. The number of halogens is 1. The molecule has 1 saturated heterocycles. The molecule has 1 fully saturated rings. The van der Waals surface area contributed by atoms with Gasteiger partial charge in [0.05, 0.1) is 24.0 Å². The molecule has 0 spiro atoms. The maximum absolute atomic E-state index is 13.8. The Bertz CT molecular complexity index is 1590. The number of likely N-dealkylation sites (tertiary alicyclic amines) is 1. The Labute approximate surface area is 225 Å². The van der Waals surface area contributed by atoms with Crippen LogP contribution in [0.1, 0.15) is 52.9 Å². The van der Waals surface area contributed by atoms with Crippen molar-refractivity contribution in [1.29, 1.82) is 0 Å². The molecule has 9 heteroatoms. The van der Waals surface area contributed by atoms with Crippen LogP contribution in [-0.4, -0.2) is 55.2 Å². The number of aromatic nitrogens is 3. The summed E-state index contributed by atoms with van der Waals surface area (Å²) >= 11 is 6.33. The molecule has 1 N–H and O–H groups in total. The fraction of sp³-hybridized carbons (Fsp3) is 0.310. The lowest BCUT2D eigenvalue weighted by Gasteiger charge is -2.29. The SMILES string of the molecule is CCC(=O)c1c(-c2ccccc2)c2cc(Cl)ccc2c(=O)n1Cc1cc(C(=O)N2CCCC(O)C2)n(C)n1. The van der Waals surface area contributed by atoms with Gasteiger partial charge in [-0.05, 0) is 48.1 Å². The van der Waals surface area contributed by atoms with Gasteiger partial charge in [-0.3, -0.25) is 23.6 Å². The van der Waals surface area contributed by atoms with Crippen LogP contribution in [0.2, 0.25) is 5.02 Å². The average Bonchev–Trinajstić information content (AvgIpc) is 3.29. The van der Waals surface area contributed by atoms with Crippen molar-refractivity contribution >= 4 is 34.1 Å². The first-order valence-corrected chi connectivity index (χ1v) is 13.1. The van der Waals surface area contributed by atoms with E-state index in [1.165, 1.54) is 9.25 Å². The van der Waals surface area contributed by atoms with Crippen LogP contribution in [0.4, 0.5) is 0 Å². The first-order valence-electron chi connectivity index (χ1n) is 12.7. The van der Waals surface area contributed by atoms with Gasteiger partial charge >= 0.3 is 0 Å². The van der Waals surface area contributed by atoms with Crippen LogP contribution in [0.5, 0.6) is 0 Å². The van der Waals surface area contributed by atoms with E-state index in [2.05, 4.69) is 5.10 Å². The Hall–Kier alpha value is -3.75. The number of β-amino-alcohol motifs (C(OH)–C–C–N with tert-alkyl or cyclic N) is 1. The smallest absolute Gasteiger partial charge is 0.272 e. The number of rotatable bonds is 6. The van der Waals surface area contributed by atoms with Crippen molar-refractivity contribution in [2.75, 3.05) is 13.1 Å². The number of ketones is 1. The number of aliphatic hydroxyl groups excluding tert-OH is 1. The number of nitrogens with zero attached hydrogens (tertiary/aromatic N) is 4. The summed E-state index contributed by atoms with van der Waals surface area (Å²) in [6, 6.07) is 16.2. The van der Waals surface area contributed by atoms with Gasteiger partial charge in [-0.15, -0.1) is 0 Å². The van der Waals surface area contributed by atoms with Gasteiger partial charge in [0.2, 0.25) is 0 Å². The van der Waals surface area contributed by atoms with E-state index in [0.29, 0.717) is 45.7 Å². The molecule has 1 aliphatic heterocycles. The highest BCUT2D eigenvalue weighted by molar-refractivity contribution is 6.31. The van der Waals surface area contributed by atoms with Crippen LogP contribution in [0.3, 0.4) is 0 Å². The summed E-state index contributed by atoms with van der Waals surface area (Å²) in [5.74, 6) is -0.405. The molecule has 1 atom stereocenters. The predicted octanol–water partition coefficient (Wildman–Crippen LogP) is 4.29. The van der Waals surface area contributed by atoms with Gasteiger partial charge in [-0.2, -0.15) is 5.10 Å². The van der Waals surface area contributed by atoms with Crippen LogP contribution < -0.4 is 5.56 Å². The third-order valence-electron chi connectivity index (χ3n) is 7.03. The highest BCUT2D eigenvalue weighted by Gasteiger charge is 2.27. The third kappa shape index (κ3) is 4.77. The van der Waals surface area contributed by atoms with Crippen LogP contribution in [0.15, 0.2) is 59.4 Å². The van der Waals surface area contributed by atoms with E-state index < -0.39 is 6.10 Å². The Morgan fingerprint density at radius 2 is 1.87 bits per heavy atom. The second-order valence-electron chi connectivity index (χ2n) is 9.64. The summed E-state index contributed by atoms with van der Waals surface area (Å²) in [5.41, 5.74) is 2.24. The quantitative estimate of drug-likeness (QED) is 0.374. The van der Waals surface area contributed by atoms with Gasteiger partial charge in [-0.1, -0.05) is 48.9 Å².